The quantitative estimate of drug-likeness (QED) is 0.696. The number of hydrogen-bond acceptors (Lipinski definition) is 3. The van der Waals surface area contributed by atoms with Crippen molar-refractivity contribution < 1.29 is 9.84 Å². The van der Waals surface area contributed by atoms with Gasteiger partial charge in [0.05, 0.1) is 11.7 Å². The average molecular weight is 228 g/mol. The summed E-state index contributed by atoms with van der Waals surface area (Å²) in [6, 6.07) is 0. The molecule has 1 fully saturated rings. The van der Waals surface area contributed by atoms with E-state index in [4.69, 9.17) is 4.74 Å². The topological polar surface area (TPSA) is 29.5 Å². The molecular formula is C12H20O2S. The Morgan fingerprint density at radius 2 is 2.13 bits per heavy atom. The molecule has 0 spiro atoms. The normalized spacial score (nSPS) is 50.1. The maximum absolute atomic E-state index is 10.7. The van der Waals surface area contributed by atoms with Crippen molar-refractivity contribution >= 4 is 11.8 Å². The number of rotatable bonds is 1. The second kappa shape index (κ2) is 4.11. The van der Waals surface area contributed by atoms with Crippen LogP contribution in [0.4, 0.5) is 0 Å². The van der Waals surface area contributed by atoms with Gasteiger partial charge in [-0.1, -0.05) is 26.0 Å². The molecule has 5 atom stereocenters. The van der Waals surface area contributed by atoms with E-state index in [1.165, 1.54) is 0 Å². The highest BCUT2D eigenvalue weighted by molar-refractivity contribution is 7.99. The molecule has 2 rings (SSSR count). The molecule has 0 amide bonds. The highest BCUT2D eigenvalue weighted by atomic mass is 32.2. The Hall–Kier alpha value is 0.01000. The predicted molar refractivity (Wildman–Crippen MR) is 64.0 cm³/mol. The lowest BCUT2D eigenvalue weighted by atomic mass is 9.77. The molecule has 15 heavy (non-hydrogen) atoms. The van der Waals surface area contributed by atoms with Crippen molar-refractivity contribution in [2.45, 2.75) is 25.6 Å². The minimum atomic E-state index is -0.563. The number of fused-ring (bicyclic) bond motifs is 1. The molecule has 0 saturated carbocycles. The molecule has 1 heterocycles. The Bertz CT molecular complexity index is 266. The van der Waals surface area contributed by atoms with Crippen LogP contribution in [0.1, 0.15) is 13.8 Å². The molecule has 0 bridgehead atoms. The van der Waals surface area contributed by atoms with Gasteiger partial charge in [0.25, 0.3) is 0 Å². The third-order valence-electron chi connectivity index (χ3n) is 3.99. The summed E-state index contributed by atoms with van der Waals surface area (Å²) < 4.78 is 5.55. The van der Waals surface area contributed by atoms with Crippen LogP contribution in [0.2, 0.25) is 0 Å². The molecule has 0 aromatic heterocycles. The van der Waals surface area contributed by atoms with E-state index in [9.17, 15) is 5.11 Å². The Labute approximate surface area is 96.1 Å². The second-order valence-corrected chi connectivity index (χ2v) is 5.88. The molecule has 1 aliphatic carbocycles. The highest BCUT2D eigenvalue weighted by Gasteiger charge is 2.49. The zero-order valence-corrected chi connectivity index (χ0v) is 10.5. The average Bonchev–Trinajstić information content (AvgIpc) is 2.55. The zero-order chi connectivity index (χ0) is 11.1. The third-order valence-corrected chi connectivity index (χ3v) is 5.25. The smallest absolute Gasteiger partial charge is 0.0858 e. The van der Waals surface area contributed by atoms with E-state index < -0.39 is 5.60 Å². The first-order valence-electron chi connectivity index (χ1n) is 5.61. The first-order chi connectivity index (χ1) is 7.09. The molecule has 1 N–H and O–H groups in total. The summed E-state index contributed by atoms with van der Waals surface area (Å²) in [5, 5.41) is 10.7. The highest BCUT2D eigenvalue weighted by Crippen LogP contribution is 2.44. The summed E-state index contributed by atoms with van der Waals surface area (Å²) in [4.78, 5) is 0. The molecule has 2 nitrogen and oxygen atoms in total. The number of methoxy groups -OCH3 is 1. The van der Waals surface area contributed by atoms with Gasteiger partial charge in [0.2, 0.25) is 0 Å². The van der Waals surface area contributed by atoms with Crippen molar-refractivity contribution in [3.05, 3.63) is 12.2 Å². The molecule has 0 unspecified atom stereocenters. The zero-order valence-electron chi connectivity index (χ0n) is 9.64. The van der Waals surface area contributed by atoms with Gasteiger partial charge < -0.3 is 9.84 Å². The molecule has 2 aliphatic rings. The molecular weight excluding hydrogens is 208 g/mol. The van der Waals surface area contributed by atoms with Crippen molar-refractivity contribution in [3.8, 4) is 0 Å². The monoisotopic (exact) mass is 228 g/mol. The van der Waals surface area contributed by atoms with Crippen LogP contribution in [0.25, 0.3) is 0 Å². The van der Waals surface area contributed by atoms with Gasteiger partial charge in [0.15, 0.2) is 0 Å². The van der Waals surface area contributed by atoms with Crippen molar-refractivity contribution in [2.75, 3.05) is 18.6 Å². The van der Waals surface area contributed by atoms with Crippen LogP contribution in [-0.4, -0.2) is 35.4 Å². The Balaban J connectivity index is 2.31. The number of thioether (sulfide) groups is 1. The predicted octanol–water partition coefficient (Wildman–Crippen LogP) is 1.94. The number of aliphatic hydroxyl groups is 1. The van der Waals surface area contributed by atoms with Gasteiger partial charge in [-0.2, -0.15) is 11.8 Å². The standard InChI is InChI=1S/C12H20O2S/c1-8-4-5-10-6-15-7-12(10,13)9(2)11(8)14-3/h4-5,8-11,13H,6-7H2,1-3H3/t8-,9-,10+,11-,12+/m1/s1. The van der Waals surface area contributed by atoms with Crippen LogP contribution in [0.5, 0.6) is 0 Å². The summed E-state index contributed by atoms with van der Waals surface area (Å²) in [5.74, 6) is 2.79. The number of hydrogen-bond donors (Lipinski definition) is 1. The van der Waals surface area contributed by atoms with Crippen LogP contribution < -0.4 is 0 Å². The van der Waals surface area contributed by atoms with Crippen molar-refractivity contribution in [1.82, 2.24) is 0 Å². The van der Waals surface area contributed by atoms with Gasteiger partial charge in [-0.15, -0.1) is 0 Å². The summed E-state index contributed by atoms with van der Waals surface area (Å²) in [5.41, 5.74) is -0.563. The lowest BCUT2D eigenvalue weighted by molar-refractivity contribution is -0.0830. The second-order valence-electron chi connectivity index (χ2n) is 4.85. The Morgan fingerprint density at radius 1 is 1.40 bits per heavy atom. The molecule has 1 aliphatic heterocycles. The maximum Gasteiger partial charge on any atom is 0.0858 e. The molecule has 0 radical (unpaired) electrons. The van der Waals surface area contributed by atoms with Crippen molar-refractivity contribution in [1.29, 1.82) is 0 Å². The van der Waals surface area contributed by atoms with Crippen molar-refractivity contribution in [3.63, 3.8) is 0 Å². The van der Waals surface area contributed by atoms with Gasteiger partial charge in [-0.25, -0.2) is 0 Å². The largest absolute Gasteiger partial charge is 0.388 e. The van der Waals surface area contributed by atoms with Gasteiger partial charge in [-0.3, -0.25) is 0 Å². The van der Waals surface area contributed by atoms with Crippen LogP contribution >= 0.6 is 11.8 Å². The molecule has 0 aromatic carbocycles. The summed E-state index contributed by atoms with van der Waals surface area (Å²) in [7, 11) is 1.75. The van der Waals surface area contributed by atoms with Crippen LogP contribution in [0, 0.1) is 17.8 Å². The third kappa shape index (κ3) is 1.75. The maximum atomic E-state index is 10.7. The lowest BCUT2D eigenvalue weighted by Gasteiger charge is -2.37. The van der Waals surface area contributed by atoms with Gasteiger partial charge in [0.1, 0.15) is 0 Å². The Kier molecular flexibility index (Phi) is 3.15. The molecule has 3 heteroatoms. The fourth-order valence-corrected chi connectivity index (χ4v) is 4.44. The van der Waals surface area contributed by atoms with Gasteiger partial charge >= 0.3 is 0 Å². The summed E-state index contributed by atoms with van der Waals surface area (Å²) in [6.45, 7) is 4.29. The molecule has 1 saturated heterocycles. The van der Waals surface area contributed by atoms with Crippen LogP contribution in [-0.2, 0) is 4.74 Å². The summed E-state index contributed by atoms with van der Waals surface area (Å²) in [6.07, 6.45) is 4.54. The SMILES string of the molecule is CO[C@@H]1[C@H](C)C=C[C@H]2CSC[C@]2(O)[C@@H]1C. The molecule has 0 aromatic rings. The molecule has 86 valence electrons. The fraction of sp³-hybridized carbons (Fsp3) is 0.833. The minimum Gasteiger partial charge on any atom is -0.388 e. The van der Waals surface area contributed by atoms with Gasteiger partial charge in [-0.05, 0) is 0 Å². The van der Waals surface area contributed by atoms with E-state index in [0.717, 1.165) is 11.5 Å². The van der Waals surface area contributed by atoms with Crippen LogP contribution in [0.3, 0.4) is 0 Å². The summed E-state index contributed by atoms with van der Waals surface area (Å²) >= 11 is 1.85. The lowest BCUT2D eigenvalue weighted by Crippen LogP contribution is -2.48. The fourth-order valence-electron chi connectivity index (χ4n) is 2.87. The van der Waals surface area contributed by atoms with Gasteiger partial charge in [0, 0.05) is 36.4 Å². The minimum absolute atomic E-state index is 0.134. The van der Waals surface area contributed by atoms with Crippen molar-refractivity contribution in [2.24, 2.45) is 17.8 Å². The van der Waals surface area contributed by atoms with E-state index in [1.807, 2.05) is 11.8 Å². The number of ether oxygens (including phenoxy) is 1. The first kappa shape index (κ1) is 11.5. The Morgan fingerprint density at radius 3 is 2.80 bits per heavy atom. The van der Waals surface area contributed by atoms with Crippen LogP contribution in [0.15, 0.2) is 12.2 Å². The van der Waals surface area contributed by atoms with E-state index >= 15 is 0 Å². The van der Waals surface area contributed by atoms with E-state index in [1.54, 1.807) is 7.11 Å². The van der Waals surface area contributed by atoms with E-state index in [0.29, 0.717) is 11.8 Å². The first-order valence-corrected chi connectivity index (χ1v) is 6.76. The van der Waals surface area contributed by atoms with E-state index in [2.05, 4.69) is 26.0 Å². The van der Waals surface area contributed by atoms with E-state index in [-0.39, 0.29) is 12.0 Å².